The van der Waals surface area contributed by atoms with Crippen LogP contribution in [0.1, 0.15) is 36.2 Å². The molecule has 0 bridgehead atoms. The minimum Gasteiger partial charge on any atom is -0.355 e. The number of aromatic nitrogens is 3. The van der Waals surface area contributed by atoms with Gasteiger partial charge >= 0.3 is 0 Å². The van der Waals surface area contributed by atoms with E-state index in [-0.39, 0.29) is 16.3 Å². The van der Waals surface area contributed by atoms with E-state index in [2.05, 4.69) is 20.3 Å². The van der Waals surface area contributed by atoms with Crippen molar-refractivity contribution in [3.63, 3.8) is 0 Å². The monoisotopic (exact) mass is 417 g/mol. The largest absolute Gasteiger partial charge is 0.355 e. The topological polar surface area (TPSA) is 63.1 Å². The number of carbonyl (C=O) groups is 1. The molecule has 2 aromatic heterocycles. The van der Waals surface area contributed by atoms with Gasteiger partial charge in [-0.2, -0.15) is 5.10 Å². The van der Waals surface area contributed by atoms with Gasteiger partial charge in [0.05, 0.1) is 11.8 Å². The molecule has 0 spiro atoms. The van der Waals surface area contributed by atoms with Crippen molar-refractivity contribution in [1.82, 2.24) is 14.8 Å². The van der Waals surface area contributed by atoms with Crippen LogP contribution in [0.3, 0.4) is 0 Å². The minimum atomic E-state index is -0.706. The van der Waals surface area contributed by atoms with Gasteiger partial charge in [-0.15, -0.1) is 11.3 Å². The van der Waals surface area contributed by atoms with Gasteiger partial charge in [-0.25, -0.2) is 13.8 Å². The Balaban J connectivity index is 1.56. The van der Waals surface area contributed by atoms with Gasteiger partial charge in [0, 0.05) is 25.5 Å². The SMILES string of the molecule is Cn1ncc(NC(=O)c2csc(-c3c(F)cccc3F)n2)c1N1CCCCCC1. The summed E-state index contributed by atoms with van der Waals surface area (Å²) in [6.45, 7) is 1.83. The third-order valence-electron chi connectivity index (χ3n) is 4.97. The van der Waals surface area contributed by atoms with Crippen molar-refractivity contribution in [1.29, 1.82) is 0 Å². The lowest BCUT2D eigenvalue weighted by Crippen LogP contribution is -2.27. The molecule has 1 aromatic carbocycles. The fraction of sp³-hybridized carbons (Fsp3) is 0.350. The molecular weight excluding hydrogens is 396 g/mol. The molecule has 3 aromatic rings. The Hall–Kier alpha value is -2.81. The van der Waals surface area contributed by atoms with Gasteiger partial charge in [-0.05, 0) is 25.0 Å². The molecule has 3 heterocycles. The molecule has 0 aliphatic carbocycles. The lowest BCUT2D eigenvalue weighted by atomic mass is 10.2. The Kier molecular flexibility index (Phi) is 5.57. The van der Waals surface area contributed by atoms with Crippen molar-refractivity contribution in [2.24, 2.45) is 7.05 Å². The van der Waals surface area contributed by atoms with Gasteiger partial charge in [0.15, 0.2) is 5.82 Å². The third kappa shape index (κ3) is 4.00. The van der Waals surface area contributed by atoms with Crippen molar-refractivity contribution in [2.75, 3.05) is 23.3 Å². The molecule has 1 N–H and O–H groups in total. The van der Waals surface area contributed by atoms with E-state index in [1.807, 2.05) is 7.05 Å². The van der Waals surface area contributed by atoms with Crippen LogP contribution in [0.4, 0.5) is 20.3 Å². The van der Waals surface area contributed by atoms with Gasteiger partial charge in [-0.1, -0.05) is 18.9 Å². The maximum atomic E-state index is 14.0. The molecule has 6 nitrogen and oxygen atoms in total. The summed E-state index contributed by atoms with van der Waals surface area (Å²) in [5.41, 5.74) is 0.493. The van der Waals surface area contributed by atoms with E-state index in [0.29, 0.717) is 5.69 Å². The molecule has 0 radical (unpaired) electrons. The van der Waals surface area contributed by atoms with Gasteiger partial charge in [0.2, 0.25) is 0 Å². The average molecular weight is 417 g/mol. The number of aryl methyl sites for hydroxylation is 1. The molecule has 1 aliphatic heterocycles. The van der Waals surface area contributed by atoms with E-state index >= 15 is 0 Å². The summed E-state index contributed by atoms with van der Waals surface area (Å²) < 4.78 is 29.7. The van der Waals surface area contributed by atoms with Gasteiger partial charge in [0.1, 0.15) is 28.0 Å². The second kappa shape index (κ2) is 8.28. The quantitative estimate of drug-likeness (QED) is 0.681. The Morgan fingerprint density at radius 1 is 1.14 bits per heavy atom. The first-order chi connectivity index (χ1) is 14.0. The van der Waals surface area contributed by atoms with Crippen LogP contribution < -0.4 is 10.2 Å². The number of nitrogens with one attached hydrogen (secondary N) is 1. The van der Waals surface area contributed by atoms with E-state index < -0.39 is 17.5 Å². The van der Waals surface area contributed by atoms with Crippen LogP contribution in [0.5, 0.6) is 0 Å². The minimum absolute atomic E-state index is 0.110. The second-order valence-corrected chi connectivity index (χ2v) is 7.85. The fourth-order valence-corrected chi connectivity index (χ4v) is 4.40. The molecule has 29 heavy (non-hydrogen) atoms. The summed E-state index contributed by atoms with van der Waals surface area (Å²) in [7, 11) is 1.85. The van der Waals surface area contributed by atoms with Crippen molar-refractivity contribution in [3.05, 3.63) is 47.1 Å². The highest BCUT2D eigenvalue weighted by atomic mass is 32.1. The molecule has 152 valence electrons. The Bertz CT molecular complexity index is 1000. The molecule has 9 heteroatoms. The van der Waals surface area contributed by atoms with Crippen LogP contribution in [0.15, 0.2) is 29.8 Å². The molecule has 1 saturated heterocycles. The number of rotatable bonds is 4. The Labute approximate surface area is 171 Å². The number of hydrogen-bond acceptors (Lipinski definition) is 5. The molecule has 0 atom stereocenters. The number of halogens is 2. The molecule has 0 unspecified atom stereocenters. The lowest BCUT2D eigenvalue weighted by molar-refractivity contribution is 0.102. The number of amides is 1. The summed E-state index contributed by atoms with van der Waals surface area (Å²) in [4.78, 5) is 19.1. The van der Waals surface area contributed by atoms with Crippen molar-refractivity contribution in [3.8, 4) is 10.6 Å². The molecule has 0 saturated carbocycles. The third-order valence-corrected chi connectivity index (χ3v) is 5.83. The molecule has 1 amide bonds. The average Bonchev–Trinajstić information content (AvgIpc) is 3.21. The van der Waals surface area contributed by atoms with E-state index in [1.54, 1.807) is 10.9 Å². The van der Waals surface area contributed by atoms with E-state index in [9.17, 15) is 13.6 Å². The zero-order valence-corrected chi connectivity index (χ0v) is 16.8. The maximum absolute atomic E-state index is 14.0. The predicted molar refractivity (Wildman–Crippen MR) is 109 cm³/mol. The molecule has 1 fully saturated rings. The highest BCUT2D eigenvalue weighted by Gasteiger charge is 2.22. The highest BCUT2D eigenvalue weighted by molar-refractivity contribution is 7.13. The summed E-state index contributed by atoms with van der Waals surface area (Å²) >= 11 is 1.03. The van der Waals surface area contributed by atoms with Crippen molar-refractivity contribution in [2.45, 2.75) is 25.7 Å². The Morgan fingerprint density at radius 3 is 2.52 bits per heavy atom. The predicted octanol–water partition coefficient (Wildman–Crippen LogP) is 4.45. The number of thiazole rings is 1. The van der Waals surface area contributed by atoms with E-state index in [1.165, 1.54) is 36.4 Å². The summed E-state index contributed by atoms with van der Waals surface area (Å²) in [6.07, 6.45) is 6.21. The van der Waals surface area contributed by atoms with Gasteiger partial charge < -0.3 is 10.2 Å². The van der Waals surface area contributed by atoms with Crippen LogP contribution in [-0.2, 0) is 7.05 Å². The molecule has 4 rings (SSSR count). The van der Waals surface area contributed by atoms with E-state index in [4.69, 9.17) is 0 Å². The summed E-state index contributed by atoms with van der Waals surface area (Å²) in [6, 6.07) is 3.63. The normalized spacial score (nSPS) is 14.7. The first-order valence-electron chi connectivity index (χ1n) is 9.53. The van der Waals surface area contributed by atoms with Crippen LogP contribution in [0.2, 0.25) is 0 Å². The van der Waals surface area contributed by atoms with Crippen LogP contribution >= 0.6 is 11.3 Å². The van der Waals surface area contributed by atoms with Gasteiger partial charge in [0.25, 0.3) is 5.91 Å². The van der Waals surface area contributed by atoms with Crippen molar-refractivity contribution < 1.29 is 13.6 Å². The molecule has 1 aliphatic rings. The standard InChI is InChI=1S/C20H21F2N5OS/c1-26-20(27-9-4-2-3-5-10-27)15(11-23-26)24-18(28)16-12-29-19(25-16)17-13(21)7-6-8-14(17)22/h6-8,11-12H,2-5,9-10H2,1H3,(H,24,28). The molecular formula is C20H21F2N5OS. The highest BCUT2D eigenvalue weighted by Crippen LogP contribution is 2.31. The first kappa shape index (κ1) is 19.5. The first-order valence-corrected chi connectivity index (χ1v) is 10.4. The zero-order valence-electron chi connectivity index (χ0n) is 16.0. The number of nitrogens with zero attached hydrogens (tertiary/aromatic N) is 4. The number of anilines is 2. The maximum Gasteiger partial charge on any atom is 0.275 e. The van der Waals surface area contributed by atoms with Crippen LogP contribution in [-0.4, -0.2) is 33.8 Å². The van der Waals surface area contributed by atoms with E-state index in [0.717, 1.165) is 43.1 Å². The number of benzene rings is 1. The zero-order chi connectivity index (χ0) is 20.4. The van der Waals surface area contributed by atoms with Crippen LogP contribution in [0, 0.1) is 11.6 Å². The number of carbonyl (C=O) groups excluding carboxylic acids is 1. The smallest absolute Gasteiger partial charge is 0.275 e. The number of hydrogen-bond donors (Lipinski definition) is 1. The summed E-state index contributed by atoms with van der Waals surface area (Å²) in [5, 5.41) is 8.77. The Morgan fingerprint density at radius 2 is 1.83 bits per heavy atom. The van der Waals surface area contributed by atoms with Gasteiger partial charge in [-0.3, -0.25) is 9.48 Å². The van der Waals surface area contributed by atoms with Crippen molar-refractivity contribution >= 4 is 28.7 Å². The fourth-order valence-electron chi connectivity index (χ4n) is 3.56. The summed E-state index contributed by atoms with van der Waals surface area (Å²) in [5.74, 6) is -0.992. The lowest BCUT2D eigenvalue weighted by Gasteiger charge is -2.23. The second-order valence-electron chi connectivity index (χ2n) is 7.00. The van der Waals surface area contributed by atoms with Crippen LogP contribution in [0.25, 0.3) is 10.6 Å².